The van der Waals surface area contributed by atoms with Gasteiger partial charge in [-0.15, -0.1) is 0 Å². The molecule has 0 aliphatic carbocycles. The van der Waals surface area contributed by atoms with E-state index in [0.29, 0.717) is 41.0 Å². The number of aromatic hydroxyl groups is 1. The molecule has 0 saturated heterocycles. The van der Waals surface area contributed by atoms with E-state index >= 15 is 0 Å². The second-order valence-corrected chi connectivity index (χ2v) is 10.8. The van der Waals surface area contributed by atoms with Gasteiger partial charge in [-0.25, -0.2) is 13.4 Å². The van der Waals surface area contributed by atoms with E-state index in [0.717, 1.165) is 0 Å². The van der Waals surface area contributed by atoms with Gasteiger partial charge < -0.3 is 9.84 Å². The van der Waals surface area contributed by atoms with Crippen LogP contribution in [0.2, 0.25) is 0 Å². The molecule has 1 N–H and O–H groups in total. The lowest BCUT2D eigenvalue weighted by Gasteiger charge is -2.23. The minimum absolute atomic E-state index is 0.0483. The number of benzene rings is 2. The lowest BCUT2D eigenvalue weighted by Crippen LogP contribution is -2.33. The Hall–Kier alpha value is -4.40. The van der Waals surface area contributed by atoms with Gasteiger partial charge in [0.2, 0.25) is 21.7 Å². The van der Waals surface area contributed by atoms with Gasteiger partial charge in [0.25, 0.3) is 5.56 Å². The topological polar surface area (TPSA) is 135 Å². The SMILES string of the molecule is CCOCc1nc(O)c(S(=O)(=O)c2ccc(-c3ccc(F)nc3C)cc2)c(=O)n1C(CC)c1cccc(C#N)c1. The fraction of sp³-hybridized carbons (Fsp3) is 0.241. The molecule has 206 valence electrons. The van der Waals surface area contributed by atoms with E-state index in [2.05, 4.69) is 16.0 Å². The third-order valence-electron chi connectivity index (χ3n) is 6.46. The molecular formula is C29H27FN4O5S. The molecule has 0 saturated carbocycles. The highest BCUT2D eigenvalue weighted by atomic mass is 32.2. The van der Waals surface area contributed by atoms with E-state index < -0.39 is 38.2 Å². The van der Waals surface area contributed by atoms with Crippen LogP contribution in [0.1, 0.15) is 49.0 Å². The van der Waals surface area contributed by atoms with Gasteiger partial charge in [-0.2, -0.15) is 14.6 Å². The van der Waals surface area contributed by atoms with Crippen molar-refractivity contribution in [3.8, 4) is 23.1 Å². The molecule has 2 aromatic heterocycles. The zero-order valence-electron chi connectivity index (χ0n) is 22.1. The molecule has 0 aliphatic heterocycles. The summed E-state index contributed by atoms with van der Waals surface area (Å²) in [6.45, 7) is 5.35. The Bertz CT molecular complexity index is 1760. The number of halogens is 1. The number of sulfone groups is 1. The number of rotatable bonds is 9. The molecule has 0 fully saturated rings. The van der Waals surface area contributed by atoms with Crippen molar-refractivity contribution in [2.24, 2.45) is 0 Å². The van der Waals surface area contributed by atoms with Crippen LogP contribution in [-0.4, -0.2) is 34.7 Å². The van der Waals surface area contributed by atoms with Gasteiger partial charge in [0.05, 0.1) is 22.6 Å². The number of nitriles is 1. The second-order valence-electron chi connectivity index (χ2n) is 8.95. The molecule has 0 radical (unpaired) electrons. The lowest BCUT2D eigenvalue weighted by molar-refractivity contribution is 0.122. The van der Waals surface area contributed by atoms with E-state index in [-0.39, 0.29) is 17.3 Å². The van der Waals surface area contributed by atoms with E-state index in [4.69, 9.17) is 4.74 Å². The molecule has 2 aromatic carbocycles. The molecule has 4 rings (SSSR count). The first-order chi connectivity index (χ1) is 19.1. The number of hydrogen-bond acceptors (Lipinski definition) is 8. The highest BCUT2D eigenvalue weighted by Gasteiger charge is 2.32. The first-order valence-corrected chi connectivity index (χ1v) is 14.0. The van der Waals surface area contributed by atoms with Gasteiger partial charge in [0.1, 0.15) is 12.4 Å². The van der Waals surface area contributed by atoms with Crippen LogP contribution in [0.4, 0.5) is 4.39 Å². The summed E-state index contributed by atoms with van der Waals surface area (Å²) < 4.78 is 47.5. The van der Waals surface area contributed by atoms with Crippen LogP contribution in [0.25, 0.3) is 11.1 Å². The van der Waals surface area contributed by atoms with E-state index in [1.807, 2.05) is 6.92 Å². The summed E-state index contributed by atoms with van der Waals surface area (Å²) in [5, 5.41) is 20.1. The molecular weight excluding hydrogens is 535 g/mol. The predicted octanol–water partition coefficient (Wildman–Crippen LogP) is 4.70. The monoisotopic (exact) mass is 562 g/mol. The normalized spacial score (nSPS) is 12.2. The number of aryl methyl sites for hydroxylation is 1. The number of aromatic nitrogens is 3. The molecule has 0 bridgehead atoms. The van der Waals surface area contributed by atoms with Crippen molar-refractivity contribution in [2.45, 2.75) is 49.6 Å². The Balaban J connectivity index is 1.87. The summed E-state index contributed by atoms with van der Waals surface area (Å²) in [5.74, 6) is -1.51. The van der Waals surface area contributed by atoms with Crippen LogP contribution in [0.5, 0.6) is 5.88 Å². The number of pyridine rings is 1. The summed E-state index contributed by atoms with van der Waals surface area (Å²) in [7, 11) is -4.53. The average Bonchev–Trinajstić information content (AvgIpc) is 2.93. The zero-order valence-corrected chi connectivity index (χ0v) is 22.9. The van der Waals surface area contributed by atoms with Crippen molar-refractivity contribution in [2.75, 3.05) is 6.61 Å². The van der Waals surface area contributed by atoms with Crippen molar-refractivity contribution < 1.29 is 22.7 Å². The first-order valence-electron chi connectivity index (χ1n) is 12.5. The van der Waals surface area contributed by atoms with E-state index in [1.54, 1.807) is 44.2 Å². The fourth-order valence-electron chi connectivity index (χ4n) is 4.55. The number of hydrogen-bond donors (Lipinski definition) is 1. The van der Waals surface area contributed by atoms with Crippen molar-refractivity contribution in [1.29, 1.82) is 5.26 Å². The second kappa shape index (κ2) is 11.8. The smallest absolute Gasteiger partial charge is 0.277 e. The average molecular weight is 563 g/mol. The van der Waals surface area contributed by atoms with Crippen molar-refractivity contribution >= 4 is 9.84 Å². The molecule has 1 atom stereocenters. The minimum atomic E-state index is -4.53. The Morgan fingerprint density at radius 3 is 2.45 bits per heavy atom. The molecule has 40 heavy (non-hydrogen) atoms. The maximum atomic E-state index is 13.9. The maximum absolute atomic E-state index is 13.9. The van der Waals surface area contributed by atoms with E-state index in [1.165, 1.54) is 34.9 Å². The summed E-state index contributed by atoms with van der Waals surface area (Å²) in [5.41, 5.74) is 1.66. The third kappa shape index (κ3) is 5.50. The number of ether oxygens (including phenoxy) is 1. The standard InChI is InChI=1S/C29H27FN4O5S/c1-4-24(21-8-6-7-19(15-21)16-31)34-26(17-39-5-2)33-28(35)27(29(34)36)40(37,38)22-11-9-20(10-12-22)23-13-14-25(30)32-18(23)3/h6-15,24,35H,4-5,17H2,1-3H3. The molecule has 11 heteroatoms. The lowest BCUT2D eigenvalue weighted by atomic mass is 10.0. The Morgan fingerprint density at radius 2 is 1.82 bits per heavy atom. The van der Waals surface area contributed by atoms with Gasteiger partial charge in [-0.1, -0.05) is 31.2 Å². The molecule has 4 aromatic rings. The van der Waals surface area contributed by atoms with Crippen LogP contribution in [0.3, 0.4) is 0 Å². The molecule has 1 unspecified atom stereocenters. The quantitative estimate of drug-likeness (QED) is 0.290. The van der Waals surface area contributed by atoms with Crippen LogP contribution >= 0.6 is 0 Å². The van der Waals surface area contributed by atoms with Crippen LogP contribution < -0.4 is 5.56 Å². The van der Waals surface area contributed by atoms with Crippen molar-refractivity contribution in [3.63, 3.8) is 0 Å². The van der Waals surface area contributed by atoms with E-state index in [9.17, 15) is 28.0 Å². The largest absolute Gasteiger partial charge is 0.492 e. The summed E-state index contributed by atoms with van der Waals surface area (Å²) in [6.07, 6.45) is 0.361. The van der Waals surface area contributed by atoms with Crippen molar-refractivity contribution in [3.05, 3.63) is 99.6 Å². The number of nitrogens with zero attached hydrogens (tertiary/aromatic N) is 4. The highest BCUT2D eigenvalue weighted by Crippen LogP contribution is 2.30. The fourth-order valence-corrected chi connectivity index (χ4v) is 5.90. The Morgan fingerprint density at radius 1 is 1.10 bits per heavy atom. The van der Waals surface area contributed by atoms with Gasteiger partial charge in [0.15, 0.2) is 4.90 Å². The molecule has 2 heterocycles. The molecule has 9 nitrogen and oxygen atoms in total. The molecule has 0 amide bonds. The van der Waals surface area contributed by atoms with Crippen LogP contribution in [0, 0.1) is 24.2 Å². The highest BCUT2D eigenvalue weighted by molar-refractivity contribution is 7.91. The molecule has 0 spiro atoms. The Labute approximate surface area is 231 Å². The zero-order chi connectivity index (χ0) is 29.0. The van der Waals surface area contributed by atoms with Gasteiger partial charge in [-0.05, 0) is 67.8 Å². The Kier molecular flexibility index (Phi) is 8.42. The van der Waals surface area contributed by atoms with Crippen molar-refractivity contribution in [1.82, 2.24) is 14.5 Å². The van der Waals surface area contributed by atoms with Crippen LogP contribution in [0.15, 0.2) is 75.2 Å². The van der Waals surface area contributed by atoms with Gasteiger partial charge in [-0.3, -0.25) is 9.36 Å². The third-order valence-corrected chi connectivity index (χ3v) is 8.25. The van der Waals surface area contributed by atoms with Gasteiger partial charge >= 0.3 is 0 Å². The predicted molar refractivity (Wildman–Crippen MR) is 145 cm³/mol. The summed E-state index contributed by atoms with van der Waals surface area (Å²) in [6, 6.07) is 16.4. The summed E-state index contributed by atoms with van der Waals surface area (Å²) in [4.78, 5) is 20.7. The van der Waals surface area contributed by atoms with Crippen LogP contribution in [-0.2, 0) is 21.2 Å². The molecule has 0 aliphatic rings. The van der Waals surface area contributed by atoms with Gasteiger partial charge in [0, 0.05) is 17.9 Å². The first kappa shape index (κ1) is 28.6. The summed E-state index contributed by atoms with van der Waals surface area (Å²) >= 11 is 0. The maximum Gasteiger partial charge on any atom is 0.277 e. The minimum Gasteiger partial charge on any atom is -0.492 e.